The van der Waals surface area contributed by atoms with Crippen molar-refractivity contribution in [3.05, 3.63) is 29.3 Å². The molecule has 0 radical (unpaired) electrons. The van der Waals surface area contributed by atoms with Gasteiger partial charge in [0.25, 0.3) is 0 Å². The normalized spacial score (nSPS) is 23.5. The predicted molar refractivity (Wildman–Crippen MR) is 74.5 cm³/mol. The maximum Gasteiger partial charge on any atom is 0.573 e. The van der Waals surface area contributed by atoms with Gasteiger partial charge in [0.15, 0.2) is 0 Å². The summed E-state index contributed by atoms with van der Waals surface area (Å²) in [5.74, 6) is 0.0934. The Morgan fingerprint density at radius 2 is 2.05 bits per heavy atom. The molecule has 1 unspecified atom stereocenters. The van der Waals surface area contributed by atoms with Gasteiger partial charge >= 0.3 is 6.36 Å². The van der Waals surface area contributed by atoms with Crippen LogP contribution in [0.3, 0.4) is 0 Å². The molecule has 120 valence electrons. The number of benzene rings is 1. The van der Waals surface area contributed by atoms with E-state index in [1.54, 1.807) is 11.8 Å². The van der Waals surface area contributed by atoms with Crippen molar-refractivity contribution in [2.45, 2.75) is 38.5 Å². The highest BCUT2D eigenvalue weighted by Crippen LogP contribution is 2.51. The lowest BCUT2D eigenvalue weighted by atomic mass is 9.77. The van der Waals surface area contributed by atoms with Crippen LogP contribution in [0.4, 0.5) is 13.2 Å². The number of nitrogens with zero attached hydrogens (tertiary/aromatic N) is 1. The fraction of sp³-hybridized carbons (Fsp3) is 0.562. The van der Waals surface area contributed by atoms with Gasteiger partial charge in [-0.05, 0) is 55.4 Å². The first kappa shape index (κ1) is 15.2. The van der Waals surface area contributed by atoms with Crippen LogP contribution < -0.4 is 4.74 Å². The molecule has 1 aliphatic heterocycles. The minimum absolute atomic E-state index is 0.147. The van der Waals surface area contributed by atoms with Crippen LogP contribution in [-0.4, -0.2) is 30.8 Å². The summed E-state index contributed by atoms with van der Waals surface area (Å²) >= 11 is 0. The Balaban J connectivity index is 1.74. The number of halogens is 3. The highest BCUT2D eigenvalue weighted by atomic mass is 19.4. The summed E-state index contributed by atoms with van der Waals surface area (Å²) in [5, 5.41) is 0. The second-order valence-electron chi connectivity index (χ2n) is 6.58. The van der Waals surface area contributed by atoms with Crippen molar-refractivity contribution < 1.29 is 22.7 Å². The third-order valence-corrected chi connectivity index (χ3v) is 4.71. The van der Waals surface area contributed by atoms with Gasteiger partial charge in [-0.3, -0.25) is 4.79 Å². The van der Waals surface area contributed by atoms with E-state index in [2.05, 4.69) is 4.74 Å². The molecule has 6 heteroatoms. The van der Waals surface area contributed by atoms with E-state index in [0.717, 1.165) is 49.9 Å². The van der Waals surface area contributed by atoms with Crippen LogP contribution in [0.5, 0.6) is 5.75 Å². The van der Waals surface area contributed by atoms with Gasteiger partial charge in [-0.25, -0.2) is 0 Å². The molecule has 3 nitrogen and oxygen atoms in total. The zero-order valence-corrected chi connectivity index (χ0v) is 12.3. The Kier molecular flexibility index (Phi) is 3.57. The quantitative estimate of drug-likeness (QED) is 0.798. The average Bonchev–Trinajstić information content (AvgIpc) is 2.79. The molecule has 0 bridgehead atoms. The van der Waals surface area contributed by atoms with E-state index < -0.39 is 6.36 Å². The fourth-order valence-electron chi connectivity index (χ4n) is 3.87. The van der Waals surface area contributed by atoms with Crippen molar-refractivity contribution in [3.63, 3.8) is 0 Å². The number of hydrogen-bond acceptors (Lipinski definition) is 2. The minimum atomic E-state index is -4.67. The molecule has 2 aliphatic rings. The van der Waals surface area contributed by atoms with Gasteiger partial charge in [0.05, 0.1) is 0 Å². The largest absolute Gasteiger partial charge is 0.573 e. The van der Waals surface area contributed by atoms with Crippen molar-refractivity contribution >= 4 is 6.41 Å². The van der Waals surface area contributed by atoms with Gasteiger partial charge in [0, 0.05) is 18.5 Å². The lowest BCUT2D eigenvalue weighted by molar-refractivity contribution is -0.274. The number of ether oxygens (including phenoxy) is 1. The molecule has 1 heterocycles. The van der Waals surface area contributed by atoms with Crippen LogP contribution in [0.2, 0.25) is 0 Å². The average molecular weight is 313 g/mol. The molecular formula is C16H18F3NO2. The Bertz CT molecular complexity index is 579. The number of alkyl halides is 3. The molecule has 1 atom stereocenters. The van der Waals surface area contributed by atoms with Gasteiger partial charge in [0.1, 0.15) is 5.75 Å². The van der Waals surface area contributed by atoms with E-state index >= 15 is 0 Å². The molecule has 0 N–H and O–H groups in total. The molecule has 22 heavy (non-hydrogen) atoms. The van der Waals surface area contributed by atoms with Gasteiger partial charge < -0.3 is 9.64 Å². The van der Waals surface area contributed by atoms with Gasteiger partial charge in [0.2, 0.25) is 6.41 Å². The van der Waals surface area contributed by atoms with Crippen LogP contribution in [0.25, 0.3) is 0 Å². The summed E-state index contributed by atoms with van der Waals surface area (Å²) in [6.07, 6.45) is -0.916. The fourth-order valence-corrected chi connectivity index (χ4v) is 3.87. The zero-order valence-electron chi connectivity index (χ0n) is 12.3. The van der Waals surface area contributed by atoms with E-state index in [1.165, 1.54) is 12.1 Å². The second kappa shape index (κ2) is 5.18. The monoisotopic (exact) mass is 313 g/mol. The molecule has 1 amide bonds. The Morgan fingerprint density at radius 3 is 2.68 bits per heavy atom. The molecular weight excluding hydrogens is 295 g/mol. The van der Waals surface area contributed by atoms with E-state index in [4.69, 9.17) is 0 Å². The predicted octanol–water partition coefficient (Wildman–Crippen LogP) is 3.62. The highest BCUT2D eigenvalue weighted by molar-refractivity contribution is 5.49. The molecule has 1 saturated heterocycles. The molecule has 1 aromatic carbocycles. The van der Waals surface area contributed by atoms with Gasteiger partial charge in [-0.2, -0.15) is 0 Å². The van der Waals surface area contributed by atoms with Crippen LogP contribution in [0, 0.1) is 12.3 Å². The summed E-state index contributed by atoms with van der Waals surface area (Å²) in [7, 11) is 0. The molecule has 1 spiro atoms. The summed E-state index contributed by atoms with van der Waals surface area (Å²) in [5.41, 5.74) is 1.84. The Labute approximate surface area is 127 Å². The first-order valence-corrected chi connectivity index (χ1v) is 7.35. The summed E-state index contributed by atoms with van der Waals surface area (Å²) < 4.78 is 41.2. The van der Waals surface area contributed by atoms with E-state index in [9.17, 15) is 18.0 Å². The zero-order chi connectivity index (χ0) is 16.0. The van der Waals surface area contributed by atoms with Crippen molar-refractivity contribution in [2.75, 3.05) is 13.1 Å². The smallest absolute Gasteiger partial charge is 0.406 e. The molecule has 2 fully saturated rings. The number of likely N-dealkylation sites (tertiary alicyclic amines) is 1. The maximum absolute atomic E-state index is 12.4. The number of carbonyl (C=O) groups is 1. The van der Waals surface area contributed by atoms with Gasteiger partial charge in [-0.15, -0.1) is 13.2 Å². The van der Waals surface area contributed by atoms with E-state index in [0.29, 0.717) is 0 Å². The number of aryl methyl sites for hydroxylation is 1. The standard InChI is InChI=1S/C16H18F3NO2/c1-11-4-13(6-14(5-11)22-16(17,18)19)12-2-3-15(7-12)8-20(9-15)10-21/h4-6,10,12H,2-3,7-9H2,1H3. The first-order chi connectivity index (χ1) is 10.3. The van der Waals surface area contributed by atoms with Crippen molar-refractivity contribution in [1.29, 1.82) is 0 Å². The lowest BCUT2D eigenvalue weighted by Crippen LogP contribution is -2.54. The van der Waals surface area contributed by atoms with E-state index in [-0.39, 0.29) is 17.1 Å². The summed E-state index contributed by atoms with van der Waals surface area (Å²) in [6, 6.07) is 4.84. The third kappa shape index (κ3) is 3.05. The second-order valence-corrected chi connectivity index (χ2v) is 6.58. The van der Waals surface area contributed by atoms with Crippen LogP contribution in [-0.2, 0) is 4.79 Å². The summed E-state index contributed by atoms with van der Waals surface area (Å²) in [6.45, 7) is 3.31. The Hall–Kier alpha value is -1.72. The first-order valence-electron chi connectivity index (χ1n) is 7.35. The molecule has 3 rings (SSSR count). The molecule has 0 aromatic heterocycles. The van der Waals surface area contributed by atoms with Crippen LogP contribution >= 0.6 is 0 Å². The van der Waals surface area contributed by atoms with Crippen LogP contribution in [0.1, 0.15) is 36.3 Å². The van der Waals surface area contributed by atoms with Crippen molar-refractivity contribution in [2.24, 2.45) is 5.41 Å². The number of hydrogen-bond donors (Lipinski definition) is 0. The SMILES string of the molecule is Cc1cc(OC(F)(F)F)cc(C2CCC3(C2)CN(C=O)C3)c1. The topological polar surface area (TPSA) is 29.5 Å². The van der Waals surface area contributed by atoms with E-state index in [1.807, 2.05) is 6.07 Å². The highest BCUT2D eigenvalue weighted by Gasteiger charge is 2.48. The van der Waals surface area contributed by atoms with Crippen molar-refractivity contribution in [1.82, 2.24) is 4.90 Å². The third-order valence-electron chi connectivity index (χ3n) is 4.71. The van der Waals surface area contributed by atoms with Gasteiger partial charge in [-0.1, -0.05) is 6.07 Å². The Morgan fingerprint density at radius 1 is 1.32 bits per heavy atom. The van der Waals surface area contributed by atoms with Crippen molar-refractivity contribution in [3.8, 4) is 5.75 Å². The number of carbonyl (C=O) groups excluding carboxylic acids is 1. The summed E-state index contributed by atoms with van der Waals surface area (Å²) in [4.78, 5) is 12.5. The molecule has 1 saturated carbocycles. The molecule has 1 aliphatic carbocycles. The molecule has 1 aromatic rings. The maximum atomic E-state index is 12.4. The van der Waals surface area contributed by atoms with Crippen LogP contribution in [0.15, 0.2) is 18.2 Å². The lowest BCUT2D eigenvalue weighted by Gasteiger charge is -2.46. The number of rotatable bonds is 3. The minimum Gasteiger partial charge on any atom is -0.406 e. The number of amides is 1.